The van der Waals surface area contributed by atoms with Crippen LogP contribution in [0.2, 0.25) is 0 Å². The smallest absolute Gasteiger partial charge is 0.306 e. The highest BCUT2D eigenvalue weighted by atomic mass is 16.6. The van der Waals surface area contributed by atoms with E-state index in [2.05, 4.69) is 142 Å². The molecule has 74 heavy (non-hydrogen) atoms. The van der Waals surface area contributed by atoms with Gasteiger partial charge in [0, 0.05) is 19.3 Å². The van der Waals surface area contributed by atoms with Crippen molar-refractivity contribution in [2.75, 3.05) is 13.2 Å². The second kappa shape index (κ2) is 61.4. The number of allylic oxidation sites excluding steroid dienone is 20. The minimum absolute atomic E-state index is 0.0877. The van der Waals surface area contributed by atoms with E-state index in [-0.39, 0.29) is 31.1 Å². The molecule has 0 radical (unpaired) electrons. The molecule has 0 aromatic carbocycles. The van der Waals surface area contributed by atoms with Crippen LogP contribution in [0.1, 0.15) is 271 Å². The van der Waals surface area contributed by atoms with Crippen molar-refractivity contribution in [1.29, 1.82) is 0 Å². The van der Waals surface area contributed by atoms with Crippen molar-refractivity contribution < 1.29 is 28.6 Å². The van der Waals surface area contributed by atoms with Crippen LogP contribution >= 0.6 is 0 Å². The average molecular weight is 1030 g/mol. The molecular formula is C68H112O6. The third-order valence-corrected chi connectivity index (χ3v) is 12.7. The van der Waals surface area contributed by atoms with Gasteiger partial charge in [0.1, 0.15) is 13.2 Å². The molecule has 0 heterocycles. The van der Waals surface area contributed by atoms with Crippen LogP contribution in [0, 0.1) is 0 Å². The summed E-state index contributed by atoms with van der Waals surface area (Å²) >= 11 is 0. The molecule has 0 amide bonds. The van der Waals surface area contributed by atoms with Gasteiger partial charge < -0.3 is 14.2 Å². The van der Waals surface area contributed by atoms with Gasteiger partial charge in [-0.15, -0.1) is 0 Å². The van der Waals surface area contributed by atoms with E-state index in [1.165, 1.54) is 83.5 Å². The zero-order valence-corrected chi connectivity index (χ0v) is 48.1. The molecule has 0 aliphatic rings. The molecule has 0 aliphatic heterocycles. The number of carbonyl (C=O) groups excluding carboxylic acids is 3. The SMILES string of the molecule is CC/C=C\C/C=C\C/C=C\C/C=C\C/C=C\C/C=C\C/C=C\C/C=C\C/C=C\CCCCCCCC(=O)OCC(COC(=O)CCCCCCCCCC)OC(=O)CCCCCCC/C=C\CCCCCCCC. The first-order chi connectivity index (χ1) is 36.5. The first-order valence-corrected chi connectivity index (χ1v) is 30.5. The fraction of sp³-hybridized carbons (Fsp3) is 0.662. The Balaban J connectivity index is 4.22. The van der Waals surface area contributed by atoms with E-state index in [1.54, 1.807) is 0 Å². The molecule has 0 aromatic rings. The van der Waals surface area contributed by atoms with E-state index in [1.807, 2.05) is 0 Å². The lowest BCUT2D eigenvalue weighted by atomic mass is 10.1. The molecule has 0 saturated carbocycles. The molecule has 1 unspecified atom stereocenters. The van der Waals surface area contributed by atoms with Crippen molar-refractivity contribution in [1.82, 2.24) is 0 Å². The molecule has 0 aromatic heterocycles. The van der Waals surface area contributed by atoms with Gasteiger partial charge in [-0.3, -0.25) is 14.4 Å². The number of hydrogen-bond acceptors (Lipinski definition) is 6. The predicted molar refractivity (Wildman–Crippen MR) is 320 cm³/mol. The van der Waals surface area contributed by atoms with Crippen LogP contribution in [0.25, 0.3) is 0 Å². The summed E-state index contributed by atoms with van der Waals surface area (Å²) in [5.41, 5.74) is 0. The molecule has 0 aliphatic carbocycles. The summed E-state index contributed by atoms with van der Waals surface area (Å²) in [5, 5.41) is 0. The highest BCUT2D eigenvalue weighted by molar-refractivity contribution is 5.71. The Morgan fingerprint density at radius 3 is 0.838 bits per heavy atom. The first-order valence-electron chi connectivity index (χ1n) is 30.5. The lowest BCUT2D eigenvalue weighted by Gasteiger charge is -2.18. The first kappa shape index (κ1) is 69.8. The fourth-order valence-electron chi connectivity index (χ4n) is 8.13. The van der Waals surface area contributed by atoms with E-state index in [4.69, 9.17) is 14.2 Å². The lowest BCUT2D eigenvalue weighted by molar-refractivity contribution is -0.167. The molecule has 1 atom stereocenters. The maximum atomic E-state index is 12.8. The Labute approximate surface area is 456 Å². The van der Waals surface area contributed by atoms with Gasteiger partial charge in [0.2, 0.25) is 0 Å². The maximum absolute atomic E-state index is 12.8. The third kappa shape index (κ3) is 58.7. The van der Waals surface area contributed by atoms with E-state index >= 15 is 0 Å². The van der Waals surface area contributed by atoms with Gasteiger partial charge in [0.05, 0.1) is 0 Å². The summed E-state index contributed by atoms with van der Waals surface area (Å²) < 4.78 is 16.8. The van der Waals surface area contributed by atoms with Gasteiger partial charge in [0.25, 0.3) is 0 Å². The van der Waals surface area contributed by atoms with Crippen molar-refractivity contribution in [2.24, 2.45) is 0 Å². The van der Waals surface area contributed by atoms with Crippen LogP contribution in [-0.4, -0.2) is 37.2 Å². The monoisotopic (exact) mass is 1020 g/mol. The normalized spacial score (nSPS) is 13.0. The van der Waals surface area contributed by atoms with Crippen LogP contribution < -0.4 is 0 Å². The van der Waals surface area contributed by atoms with Crippen molar-refractivity contribution in [3.05, 3.63) is 122 Å². The van der Waals surface area contributed by atoms with Crippen LogP contribution in [0.3, 0.4) is 0 Å². The average Bonchev–Trinajstić information content (AvgIpc) is 3.40. The fourth-order valence-corrected chi connectivity index (χ4v) is 8.13. The quantitative estimate of drug-likeness (QED) is 0.0261. The summed E-state index contributed by atoms with van der Waals surface area (Å²) in [7, 11) is 0. The summed E-state index contributed by atoms with van der Waals surface area (Å²) in [5.74, 6) is -0.921. The van der Waals surface area contributed by atoms with Gasteiger partial charge >= 0.3 is 17.9 Å². The molecule has 0 fully saturated rings. The van der Waals surface area contributed by atoms with E-state index in [0.29, 0.717) is 19.3 Å². The molecule has 0 spiro atoms. The van der Waals surface area contributed by atoms with Crippen LogP contribution in [0.5, 0.6) is 0 Å². The Morgan fingerprint density at radius 2 is 0.527 bits per heavy atom. The van der Waals surface area contributed by atoms with E-state index in [9.17, 15) is 14.4 Å². The lowest BCUT2D eigenvalue weighted by Crippen LogP contribution is -2.30. The topological polar surface area (TPSA) is 78.9 Å². The number of ether oxygens (including phenoxy) is 3. The summed E-state index contributed by atoms with van der Waals surface area (Å²) in [4.78, 5) is 38.0. The van der Waals surface area contributed by atoms with Gasteiger partial charge in [-0.1, -0.05) is 258 Å². The number of unbranched alkanes of at least 4 members (excludes halogenated alkanes) is 23. The molecular weight excluding hydrogens is 913 g/mol. The highest BCUT2D eigenvalue weighted by Gasteiger charge is 2.19. The number of hydrogen-bond donors (Lipinski definition) is 0. The number of carbonyl (C=O) groups is 3. The molecule has 6 nitrogen and oxygen atoms in total. The summed E-state index contributed by atoms with van der Waals surface area (Å²) in [6.07, 6.45) is 85.0. The third-order valence-electron chi connectivity index (χ3n) is 12.7. The predicted octanol–water partition coefficient (Wildman–Crippen LogP) is 20.8. The zero-order valence-electron chi connectivity index (χ0n) is 48.1. The minimum atomic E-state index is -0.790. The number of esters is 3. The second-order valence-corrected chi connectivity index (χ2v) is 19.9. The Bertz CT molecular complexity index is 1550. The molecule has 420 valence electrons. The molecule has 0 N–H and O–H groups in total. The molecule has 6 heteroatoms. The Morgan fingerprint density at radius 1 is 0.284 bits per heavy atom. The summed E-state index contributed by atoms with van der Waals surface area (Å²) in [6, 6.07) is 0. The highest BCUT2D eigenvalue weighted by Crippen LogP contribution is 2.14. The number of rotatable bonds is 54. The molecule has 0 saturated heterocycles. The van der Waals surface area contributed by atoms with Crippen molar-refractivity contribution in [3.63, 3.8) is 0 Å². The van der Waals surface area contributed by atoms with Crippen LogP contribution in [0.15, 0.2) is 122 Å². The van der Waals surface area contributed by atoms with Crippen molar-refractivity contribution in [3.8, 4) is 0 Å². The van der Waals surface area contributed by atoms with Crippen molar-refractivity contribution in [2.45, 2.75) is 277 Å². The summed E-state index contributed by atoms with van der Waals surface area (Å²) in [6.45, 7) is 6.47. The van der Waals surface area contributed by atoms with Gasteiger partial charge in [-0.2, -0.15) is 0 Å². The van der Waals surface area contributed by atoms with Crippen LogP contribution in [-0.2, 0) is 28.6 Å². The van der Waals surface area contributed by atoms with Gasteiger partial charge in [-0.05, 0) is 116 Å². The minimum Gasteiger partial charge on any atom is -0.462 e. The molecule has 0 rings (SSSR count). The zero-order chi connectivity index (χ0) is 53.6. The van der Waals surface area contributed by atoms with Crippen molar-refractivity contribution >= 4 is 17.9 Å². The second-order valence-electron chi connectivity index (χ2n) is 19.9. The standard InChI is InChI=1S/C68H112O6/c1-4-7-10-13-16-19-21-23-25-26-27-28-29-30-31-32-33-34-35-36-37-38-39-40-41-42-44-45-47-49-52-55-58-61-67(70)73-64-65(63-72-66(69)60-57-54-51-18-15-12-9-6-3)74-68(71)62-59-56-53-50-48-46-43-24-22-20-17-14-11-8-5-2/h7,10,16,19,23-25,27-28,30-31,33-34,36-37,39-40,42-44,65H,4-6,8-9,11-15,17-18,20-22,26,29,32,35,38,41,45-64H2,1-3H3/b10-7-,19-16-,25-23-,28-27-,31-30-,34-33-,37-36-,40-39-,43-24-,44-42-. The van der Waals surface area contributed by atoms with Gasteiger partial charge in [-0.25, -0.2) is 0 Å². The largest absolute Gasteiger partial charge is 0.462 e. The Hall–Kier alpha value is -4.19. The van der Waals surface area contributed by atoms with Gasteiger partial charge in [0.15, 0.2) is 6.10 Å². The maximum Gasteiger partial charge on any atom is 0.306 e. The Kier molecular flexibility index (Phi) is 57.9. The van der Waals surface area contributed by atoms with E-state index < -0.39 is 6.10 Å². The van der Waals surface area contributed by atoms with Crippen LogP contribution in [0.4, 0.5) is 0 Å². The molecule has 0 bridgehead atoms. The van der Waals surface area contributed by atoms with E-state index in [0.717, 1.165) is 148 Å².